The van der Waals surface area contributed by atoms with Crippen LogP contribution in [0.5, 0.6) is 0 Å². The summed E-state index contributed by atoms with van der Waals surface area (Å²) in [5.41, 5.74) is 0. The fraction of sp³-hybridized carbons (Fsp3) is 0. The fourth-order valence-electron chi connectivity index (χ4n) is 0.109. The van der Waals surface area contributed by atoms with E-state index in [4.69, 9.17) is 9.11 Å². The largest absolute Gasteiger partial charge is 0 e. The Morgan fingerprint density at radius 2 is 1.10 bits per heavy atom. The van der Waals surface area contributed by atoms with Gasteiger partial charge in [0.05, 0.1) is 0 Å². The monoisotopic (exact) mass is 363 g/mol. The molecule has 0 unspecified atom stereocenters. The van der Waals surface area contributed by atoms with Crippen LogP contribution in [-0.4, -0.2) is 63.1 Å². The van der Waals surface area contributed by atoms with Gasteiger partial charge >= 0.3 is 55.7 Å². The zero-order valence-corrected chi connectivity index (χ0v) is 10.1. The quantitative estimate of drug-likeness (QED) is 0.431. The number of rotatable bonds is 2. The van der Waals surface area contributed by atoms with Crippen LogP contribution in [0.15, 0.2) is 0 Å². The molecule has 0 atom stereocenters. The van der Waals surface area contributed by atoms with Crippen LogP contribution in [0.4, 0.5) is 0 Å². The Morgan fingerprint density at radius 3 is 1.10 bits per heavy atom. The molecule has 3 radical (unpaired) electrons. The molecular formula is H2O6S2SbSe. The molecule has 0 aliphatic heterocycles. The third kappa shape index (κ3) is 11.9. The molecule has 0 rings (SSSR count). The second-order valence-corrected chi connectivity index (χ2v) is 11.1. The molecule has 0 aromatic rings. The fourth-order valence-corrected chi connectivity index (χ4v) is 5.08. The molecule has 2 N–H and O–H groups in total. The summed E-state index contributed by atoms with van der Waals surface area (Å²) in [7, 11) is -9.11. The van der Waals surface area contributed by atoms with Gasteiger partial charge in [-0.25, -0.2) is 0 Å². The molecule has 10 heteroatoms. The van der Waals surface area contributed by atoms with Crippen molar-refractivity contribution in [3.63, 3.8) is 0 Å². The molecule has 0 saturated heterocycles. The van der Waals surface area contributed by atoms with Gasteiger partial charge in [-0.05, 0) is 0 Å². The van der Waals surface area contributed by atoms with E-state index < -0.39 is 29.8 Å². The van der Waals surface area contributed by atoms with Gasteiger partial charge in [0, 0.05) is 24.4 Å². The molecule has 61 valence electrons. The SMILES string of the molecule is O=S(=O)(O)[Se]S(=O)(=O)O.[Sb]. The van der Waals surface area contributed by atoms with E-state index in [1.165, 1.54) is 0 Å². The molecule has 0 aliphatic rings. The minimum atomic E-state index is -4.56. The summed E-state index contributed by atoms with van der Waals surface area (Å²) >= 11 is -2.19. The van der Waals surface area contributed by atoms with Crippen molar-refractivity contribution in [1.82, 2.24) is 0 Å². The number of hydrogen-bond donors (Lipinski definition) is 2. The molecule has 0 aliphatic carbocycles. The van der Waals surface area contributed by atoms with Crippen molar-refractivity contribution in [2.75, 3.05) is 0 Å². The van der Waals surface area contributed by atoms with Gasteiger partial charge in [0.1, 0.15) is 0 Å². The molecule has 0 bridgehead atoms. The van der Waals surface area contributed by atoms with Gasteiger partial charge in [-0.3, -0.25) is 0 Å². The second kappa shape index (κ2) is 4.25. The van der Waals surface area contributed by atoms with Gasteiger partial charge in [0.15, 0.2) is 0 Å². The summed E-state index contributed by atoms with van der Waals surface area (Å²) in [4.78, 5) is 0. The molecule has 6 nitrogen and oxygen atoms in total. The standard InChI is InChI=1S/H2O6S2Se.Sb/c1-7(2,3)9-8(4,5)6;/h(H,1,2,3)(H,4,5,6);. The summed E-state index contributed by atoms with van der Waals surface area (Å²) in [6, 6.07) is 0. The molecule has 0 amide bonds. The van der Waals surface area contributed by atoms with Crippen LogP contribution in [0, 0.1) is 0 Å². The second-order valence-electron chi connectivity index (χ2n) is 0.924. The van der Waals surface area contributed by atoms with Crippen molar-refractivity contribution in [2.24, 2.45) is 0 Å². The van der Waals surface area contributed by atoms with Crippen molar-refractivity contribution < 1.29 is 25.9 Å². The summed E-state index contributed by atoms with van der Waals surface area (Å²) < 4.78 is 54.4. The van der Waals surface area contributed by atoms with E-state index in [0.717, 1.165) is 0 Å². The zero-order chi connectivity index (χ0) is 7.71. The van der Waals surface area contributed by atoms with Gasteiger partial charge in [-0.2, -0.15) is 0 Å². The molecule has 0 aromatic carbocycles. The van der Waals surface area contributed by atoms with Crippen LogP contribution in [0.1, 0.15) is 0 Å². The zero-order valence-electron chi connectivity index (χ0n) is 4.20. The summed E-state index contributed by atoms with van der Waals surface area (Å²) in [6.45, 7) is 0. The average molecular weight is 363 g/mol. The Balaban J connectivity index is 0. The first kappa shape index (κ1) is 13.7. The molecule has 0 saturated carbocycles. The van der Waals surface area contributed by atoms with Gasteiger partial charge in [-0.15, -0.1) is 0 Å². The first-order valence-corrected chi connectivity index (χ1v) is 8.29. The van der Waals surface area contributed by atoms with Crippen LogP contribution in [-0.2, 0) is 17.1 Å². The Labute approximate surface area is 79.6 Å². The normalized spacial score (nSPS) is 12.2. The Bertz CT molecular complexity index is 241. The van der Waals surface area contributed by atoms with Crippen LogP contribution in [0.3, 0.4) is 0 Å². The molecule has 0 heterocycles. The summed E-state index contributed by atoms with van der Waals surface area (Å²) in [6.07, 6.45) is 0. The molecule has 0 fully saturated rings. The van der Waals surface area contributed by atoms with Crippen molar-refractivity contribution in [3.8, 4) is 0 Å². The van der Waals surface area contributed by atoms with Crippen LogP contribution in [0.25, 0.3) is 0 Å². The van der Waals surface area contributed by atoms with Gasteiger partial charge in [0.2, 0.25) is 0 Å². The van der Waals surface area contributed by atoms with Crippen molar-refractivity contribution >= 4 is 54.2 Å². The van der Waals surface area contributed by atoms with Crippen molar-refractivity contribution in [2.45, 2.75) is 0 Å². The first-order chi connectivity index (χ1) is 3.71. The minimum absolute atomic E-state index is 0. The van der Waals surface area contributed by atoms with Crippen molar-refractivity contribution in [3.05, 3.63) is 0 Å². The maximum absolute atomic E-state index is 9.69. The predicted molar refractivity (Wildman–Crippen MR) is 34.6 cm³/mol. The van der Waals surface area contributed by atoms with Crippen LogP contribution >= 0.6 is 0 Å². The van der Waals surface area contributed by atoms with Gasteiger partial charge in [0.25, 0.3) is 0 Å². The third-order valence-electron chi connectivity index (χ3n) is 0.172. The first-order valence-electron chi connectivity index (χ1n) is 1.37. The van der Waals surface area contributed by atoms with Gasteiger partial charge in [-0.1, -0.05) is 0 Å². The topological polar surface area (TPSA) is 109 Å². The van der Waals surface area contributed by atoms with E-state index >= 15 is 0 Å². The van der Waals surface area contributed by atoms with E-state index in [1.807, 2.05) is 0 Å². The smallest absolute Gasteiger partial charge is 0 e. The maximum atomic E-state index is 9.69. The minimum Gasteiger partial charge on any atom is 0 e. The Morgan fingerprint density at radius 1 is 0.900 bits per heavy atom. The summed E-state index contributed by atoms with van der Waals surface area (Å²) in [5, 5.41) is 0. The molecule has 0 spiro atoms. The van der Waals surface area contributed by atoms with E-state index in [9.17, 15) is 16.8 Å². The van der Waals surface area contributed by atoms with E-state index in [2.05, 4.69) is 0 Å². The van der Waals surface area contributed by atoms with Crippen molar-refractivity contribution in [1.29, 1.82) is 0 Å². The van der Waals surface area contributed by atoms with Crippen LogP contribution < -0.4 is 0 Å². The van der Waals surface area contributed by atoms with E-state index in [1.54, 1.807) is 0 Å². The third-order valence-corrected chi connectivity index (χ3v) is 8.04. The molecular weight excluding hydrogens is 361 g/mol. The Hall–Kier alpha value is 1.16. The van der Waals surface area contributed by atoms with E-state index in [-0.39, 0.29) is 24.4 Å². The summed E-state index contributed by atoms with van der Waals surface area (Å²) in [5.74, 6) is 0. The Kier molecular flexibility index (Phi) is 5.83. The van der Waals surface area contributed by atoms with Gasteiger partial charge < -0.3 is 0 Å². The van der Waals surface area contributed by atoms with Crippen LogP contribution in [0.2, 0.25) is 0 Å². The predicted octanol–water partition coefficient (Wildman–Crippen LogP) is -2.08. The average Bonchev–Trinajstić information content (AvgIpc) is 1.14. The number of hydrogen-bond acceptors (Lipinski definition) is 4. The van der Waals surface area contributed by atoms with E-state index in [0.29, 0.717) is 0 Å². The molecule has 10 heavy (non-hydrogen) atoms. The maximum Gasteiger partial charge on any atom is 0 e. The molecule has 0 aromatic heterocycles.